The summed E-state index contributed by atoms with van der Waals surface area (Å²) in [5.74, 6) is 0.639. The molecule has 1 saturated heterocycles. The summed E-state index contributed by atoms with van der Waals surface area (Å²) in [7, 11) is 0. The Morgan fingerprint density at radius 1 is 1.45 bits per heavy atom. The lowest BCUT2D eigenvalue weighted by atomic mass is 10.2. The lowest BCUT2D eigenvalue weighted by Crippen LogP contribution is -2.39. The van der Waals surface area contributed by atoms with Gasteiger partial charge in [-0.2, -0.15) is 0 Å². The van der Waals surface area contributed by atoms with Gasteiger partial charge in [0.05, 0.1) is 6.10 Å². The Bertz CT molecular complexity index is 427. The Hall–Kier alpha value is -1.75. The van der Waals surface area contributed by atoms with Crippen molar-refractivity contribution in [2.45, 2.75) is 25.9 Å². The minimum Gasteiger partial charge on any atom is -0.484 e. The van der Waals surface area contributed by atoms with Crippen LogP contribution in [0.4, 0.5) is 5.69 Å². The second-order valence-electron chi connectivity index (χ2n) is 4.93. The normalized spacial score (nSPS) is 17.9. The number of nitrogen functional groups attached to an aromatic ring is 1. The maximum atomic E-state index is 12.1. The zero-order valence-electron chi connectivity index (χ0n) is 11.9. The van der Waals surface area contributed by atoms with Gasteiger partial charge in [-0.15, -0.1) is 0 Å². The number of hydrogen-bond donors (Lipinski definition) is 1. The summed E-state index contributed by atoms with van der Waals surface area (Å²) >= 11 is 0. The van der Waals surface area contributed by atoms with E-state index in [2.05, 4.69) is 0 Å². The Labute approximate surface area is 119 Å². The SMILES string of the molecule is CCN(CC1CCCO1)C(=O)COc1ccc(N)cc1. The molecule has 5 nitrogen and oxygen atoms in total. The van der Waals surface area contributed by atoms with Crippen LogP contribution in [0, 0.1) is 0 Å². The molecule has 1 unspecified atom stereocenters. The topological polar surface area (TPSA) is 64.8 Å². The summed E-state index contributed by atoms with van der Waals surface area (Å²) in [5.41, 5.74) is 6.28. The first-order chi connectivity index (χ1) is 9.69. The van der Waals surface area contributed by atoms with Crippen molar-refractivity contribution in [3.63, 3.8) is 0 Å². The molecule has 110 valence electrons. The van der Waals surface area contributed by atoms with Crippen molar-refractivity contribution in [3.05, 3.63) is 24.3 Å². The van der Waals surface area contributed by atoms with Crippen LogP contribution >= 0.6 is 0 Å². The van der Waals surface area contributed by atoms with E-state index in [1.165, 1.54) is 0 Å². The second-order valence-corrected chi connectivity index (χ2v) is 4.93. The van der Waals surface area contributed by atoms with Gasteiger partial charge in [0.15, 0.2) is 6.61 Å². The number of likely N-dealkylation sites (N-methyl/N-ethyl adjacent to an activating group) is 1. The van der Waals surface area contributed by atoms with Crippen LogP contribution in [-0.2, 0) is 9.53 Å². The van der Waals surface area contributed by atoms with Crippen molar-refractivity contribution in [3.8, 4) is 5.75 Å². The number of ether oxygens (including phenoxy) is 2. The lowest BCUT2D eigenvalue weighted by Gasteiger charge is -2.24. The predicted molar refractivity (Wildman–Crippen MR) is 77.6 cm³/mol. The van der Waals surface area contributed by atoms with E-state index in [4.69, 9.17) is 15.2 Å². The number of nitrogens with two attached hydrogens (primary N) is 1. The largest absolute Gasteiger partial charge is 0.484 e. The Balaban J connectivity index is 1.80. The molecule has 1 fully saturated rings. The molecule has 0 aromatic heterocycles. The monoisotopic (exact) mass is 278 g/mol. The first kappa shape index (κ1) is 14.7. The number of carbonyl (C=O) groups is 1. The molecule has 1 aromatic rings. The summed E-state index contributed by atoms with van der Waals surface area (Å²) in [6.45, 7) is 4.14. The van der Waals surface area contributed by atoms with E-state index >= 15 is 0 Å². The third-order valence-corrected chi connectivity index (χ3v) is 3.42. The van der Waals surface area contributed by atoms with Gasteiger partial charge in [-0.1, -0.05) is 0 Å². The number of anilines is 1. The van der Waals surface area contributed by atoms with Crippen molar-refractivity contribution in [1.82, 2.24) is 4.90 Å². The summed E-state index contributed by atoms with van der Waals surface area (Å²) in [5, 5.41) is 0. The highest BCUT2D eigenvalue weighted by atomic mass is 16.5. The fourth-order valence-corrected chi connectivity index (χ4v) is 2.24. The number of benzene rings is 1. The fourth-order valence-electron chi connectivity index (χ4n) is 2.24. The number of nitrogens with zero attached hydrogens (tertiary/aromatic N) is 1. The highest BCUT2D eigenvalue weighted by Gasteiger charge is 2.21. The van der Waals surface area contributed by atoms with Crippen LogP contribution in [0.2, 0.25) is 0 Å². The predicted octanol–water partition coefficient (Wildman–Crippen LogP) is 1.68. The zero-order valence-corrected chi connectivity index (χ0v) is 11.9. The molecule has 1 aliphatic rings. The minimum atomic E-state index is -0.0141. The maximum Gasteiger partial charge on any atom is 0.260 e. The van der Waals surface area contributed by atoms with Crippen LogP contribution in [0.3, 0.4) is 0 Å². The molecule has 2 N–H and O–H groups in total. The van der Waals surface area contributed by atoms with Gasteiger partial charge >= 0.3 is 0 Å². The smallest absolute Gasteiger partial charge is 0.260 e. The second kappa shape index (κ2) is 7.14. The zero-order chi connectivity index (χ0) is 14.4. The van der Waals surface area contributed by atoms with E-state index < -0.39 is 0 Å². The van der Waals surface area contributed by atoms with Crippen molar-refractivity contribution < 1.29 is 14.3 Å². The number of amides is 1. The van der Waals surface area contributed by atoms with Crippen molar-refractivity contribution in [2.24, 2.45) is 0 Å². The van der Waals surface area contributed by atoms with E-state index in [1.54, 1.807) is 29.2 Å². The molecule has 5 heteroatoms. The van der Waals surface area contributed by atoms with E-state index in [0.29, 0.717) is 24.5 Å². The van der Waals surface area contributed by atoms with Gasteiger partial charge in [-0.05, 0) is 44.0 Å². The van der Waals surface area contributed by atoms with Gasteiger partial charge in [0.25, 0.3) is 5.91 Å². The Morgan fingerprint density at radius 3 is 2.80 bits per heavy atom. The number of carbonyl (C=O) groups excluding carboxylic acids is 1. The molecule has 1 aromatic carbocycles. The van der Waals surface area contributed by atoms with Crippen molar-refractivity contribution in [1.29, 1.82) is 0 Å². The molecule has 0 aliphatic carbocycles. The molecule has 20 heavy (non-hydrogen) atoms. The van der Waals surface area contributed by atoms with Crippen LogP contribution in [0.5, 0.6) is 5.75 Å². The van der Waals surface area contributed by atoms with Crippen LogP contribution < -0.4 is 10.5 Å². The van der Waals surface area contributed by atoms with E-state index in [-0.39, 0.29) is 18.6 Å². The highest BCUT2D eigenvalue weighted by molar-refractivity contribution is 5.77. The van der Waals surface area contributed by atoms with Gasteiger partial charge in [0.1, 0.15) is 5.75 Å². The minimum absolute atomic E-state index is 0.0141. The Kier molecular flexibility index (Phi) is 5.24. The molecule has 1 amide bonds. The molecule has 1 aliphatic heterocycles. The first-order valence-corrected chi connectivity index (χ1v) is 7.06. The van der Waals surface area contributed by atoms with Crippen LogP contribution in [0.25, 0.3) is 0 Å². The first-order valence-electron chi connectivity index (χ1n) is 7.06. The fraction of sp³-hybridized carbons (Fsp3) is 0.533. The summed E-state index contributed by atoms with van der Waals surface area (Å²) < 4.78 is 11.0. The van der Waals surface area contributed by atoms with E-state index in [1.807, 2.05) is 6.92 Å². The maximum absolute atomic E-state index is 12.1. The number of hydrogen-bond acceptors (Lipinski definition) is 4. The van der Waals surface area contributed by atoms with E-state index in [0.717, 1.165) is 19.4 Å². The Morgan fingerprint density at radius 2 is 2.20 bits per heavy atom. The van der Waals surface area contributed by atoms with Gasteiger partial charge in [0.2, 0.25) is 0 Å². The molecular weight excluding hydrogens is 256 g/mol. The molecule has 2 rings (SSSR count). The van der Waals surface area contributed by atoms with Crippen LogP contribution in [0.1, 0.15) is 19.8 Å². The molecule has 1 heterocycles. The molecule has 0 radical (unpaired) electrons. The molecule has 1 atom stereocenters. The van der Waals surface area contributed by atoms with Gasteiger partial charge < -0.3 is 20.1 Å². The van der Waals surface area contributed by atoms with Gasteiger partial charge in [0, 0.05) is 25.4 Å². The average molecular weight is 278 g/mol. The van der Waals surface area contributed by atoms with Gasteiger partial charge in [-0.3, -0.25) is 4.79 Å². The third-order valence-electron chi connectivity index (χ3n) is 3.42. The average Bonchev–Trinajstić information content (AvgIpc) is 2.97. The molecule has 0 bridgehead atoms. The van der Waals surface area contributed by atoms with Crippen molar-refractivity contribution >= 4 is 11.6 Å². The summed E-state index contributed by atoms with van der Waals surface area (Å²) in [6, 6.07) is 7.03. The summed E-state index contributed by atoms with van der Waals surface area (Å²) in [4.78, 5) is 13.9. The number of rotatable bonds is 6. The lowest BCUT2D eigenvalue weighted by molar-refractivity contribution is -0.134. The highest BCUT2D eigenvalue weighted by Crippen LogP contribution is 2.15. The molecular formula is C15H22N2O3. The van der Waals surface area contributed by atoms with Crippen LogP contribution in [-0.4, -0.2) is 43.2 Å². The molecule has 0 spiro atoms. The summed E-state index contributed by atoms with van der Waals surface area (Å²) in [6.07, 6.45) is 2.29. The van der Waals surface area contributed by atoms with Crippen LogP contribution in [0.15, 0.2) is 24.3 Å². The quantitative estimate of drug-likeness (QED) is 0.804. The van der Waals surface area contributed by atoms with Crippen molar-refractivity contribution in [2.75, 3.05) is 32.0 Å². The molecule has 0 saturated carbocycles. The van der Waals surface area contributed by atoms with Gasteiger partial charge in [-0.25, -0.2) is 0 Å². The standard InChI is InChI=1S/C15H22N2O3/c1-2-17(10-14-4-3-9-19-14)15(18)11-20-13-7-5-12(16)6-8-13/h5-8,14H,2-4,9-11,16H2,1H3. The third kappa shape index (κ3) is 4.13. The van der Waals surface area contributed by atoms with E-state index in [9.17, 15) is 4.79 Å².